The van der Waals surface area contributed by atoms with Gasteiger partial charge in [-0.3, -0.25) is 0 Å². The molecule has 0 aromatic carbocycles. The topological polar surface area (TPSA) is 69.2 Å². The fraction of sp³-hybridized carbons (Fsp3) is 0.500. The predicted molar refractivity (Wildman–Crippen MR) is 82.0 cm³/mol. The Hall–Kier alpha value is -1.73. The fourth-order valence-electron chi connectivity index (χ4n) is 2.18. The molecular weight excluding hydrogens is 288 g/mol. The Morgan fingerprint density at radius 2 is 1.81 bits per heavy atom. The van der Waals surface area contributed by atoms with E-state index in [1.165, 1.54) is 11.2 Å². The average Bonchev–Trinajstić information content (AvgIpc) is 2.83. The van der Waals surface area contributed by atoms with E-state index in [2.05, 4.69) is 27.2 Å². The van der Waals surface area contributed by atoms with Crippen LogP contribution in [-0.2, 0) is 6.54 Å². The average molecular weight is 308 g/mol. The zero-order chi connectivity index (χ0) is 15.4. The van der Waals surface area contributed by atoms with E-state index in [9.17, 15) is 0 Å². The van der Waals surface area contributed by atoms with Gasteiger partial charge in [0, 0.05) is 17.5 Å². The third kappa shape index (κ3) is 3.48. The van der Waals surface area contributed by atoms with Crippen molar-refractivity contribution in [2.24, 2.45) is 0 Å². The van der Waals surface area contributed by atoms with Crippen LogP contribution in [0.5, 0.6) is 11.8 Å². The lowest BCUT2D eigenvalue weighted by molar-refractivity contribution is 0.357. The summed E-state index contributed by atoms with van der Waals surface area (Å²) in [6.07, 6.45) is 1.43. The highest BCUT2D eigenvalue weighted by atomic mass is 32.1. The van der Waals surface area contributed by atoms with Gasteiger partial charge in [0.15, 0.2) is 0 Å². The van der Waals surface area contributed by atoms with Crippen molar-refractivity contribution in [3.8, 4) is 11.8 Å². The van der Waals surface area contributed by atoms with Crippen LogP contribution in [0, 0.1) is 13.8 Å². The first kappa shape index (κ1) is 15.7. The van der Waals surface area contributed by atoms with Crippen LogP contribution in [0.3, 0.4) is 0 Å². The number of nitrogens with zero attached hydrogens (tertiary/aromatic N) is 3. The Kier molecular flexibility index (Phi) is 5.08. The van der Waals surface area contributed by atoms with Crippen LogP contribution < -0.4 is 14.8 Å². The number of aromatic nitrogens is 3. The maximum atomic E-state index is 5.27. The van der Waals surface area contributed by atoms with Gasteiger partial charge >= 0.3 is 0 Å². The molecular formula is C14H20N4O2S. The first-order chi connectivity index (χ1) is 10.1. The molecule has 0 radical (unpaired) electrons. The molecule has 7 heteroatoms. The quantitative estimate of drug-likeness (QED) is 0.884. The van der Waals surface area contributed by atoms with E-state index in [0.717, 1.165) is 16.3 Å². The number of hydrogen-bond donors (Lipinski definition) is 1. The molecule has 0 aliphatic rings. The van der Waals surface area contributed by atoms with Crippen molar-refractivity contribution in [2.45, 2.75) is 33.4 Å². The fourth-order valence-corrected chi connectivity index (χ4v) is 3.14. The molecule has 0 aliphatic heterocycles. The van der Waals surface area contributed by atoms with Crippen LogP contribution >= 0.6 is 11.3 Å². The number of aryl methyl sites for hydroxylation is 2. The number of thiazole rings is 1. The molecule has 114 valence electrons. The van der Waals surface area contributed by atoms with E-state index in [-0.39, 0.29) is 6.04 Å². The van der Waals surface area contributed by atoms with Gasteiger partial charge in [0.2, 0.25) is 11.8 Å². The SMILES string of the molecule is COc1ncnc(OC)c1CNC(C)c1sc(C)nc1C. The summed E-state index contributed by atoms with van der Waals surface area (Å²) in [5.41, 5.74) is 1.88. The van der Waals surface area contributed by atoms with Crippen LogP contribution in [-0.4, -0.2) is 29.2 Å². The highest BCUT2D eigenvalue weighted by molar-refractivity contribution is 7.11. The number of hydrogen-bond acceptors (Lipinski definition) is 7. The van der Waals surface area contributed by atoms with Gasteiger partial charge in [0.05, 0.1) is 30.5 Å². The van der Waals surface area contributed by atoms with Gasteiger partial charge in [-0.1, -0.05) is 0 Å². The lowest BCUT2D eigenvalue weighted by Gasteiger charge is -2.15. The minimum atomic E-state index is 0.186. The highest BCUT2D eigenvalue weighted by Crippen LogP contribution is 2.27. The van der Waals surface area contributed by atoms with Crippen molar-refractivity contribution in [2.75, 3.05) is 14.2 Å². The van der Waals surface area contributed by atoms with Crippen molar-refractivity contribution >= 4 is 11.3 Å². The zero-order valence-corrected chi connectivity index (χ0v) is 13.7. The lowest BCUT2D eigenvalue weighted by Crippen LogP contribution is -2.19. The van der Waals surface area contributed by atoms with Gasteiger partial charge in [-0.25, -0.2) is 15.0 Å². The molecule has 0 bridgehead atoms. The highest BCUT2D eigenvalue weighted by Gasteiger charge is 2.16. The Balaban J connectivity index is 2.14. The minimum absolute atomic E-state index is 0.186. The van der Waals surface area contributed by atoms with Crippen LogP contribution in [0.1, 0.15) is 34.1 Å². The maximum absolute atomic E-state index is 5.27. The Bertz CT molecular complexity index is 593. The van der Waals surface area contributed by atoms with Crippen molar-refractivity contribution in [3.05, 3.63) is 27.5 Å². The summed E-state index contributed by atoms with van der Waals surface area (Å²) in [5.74, 6) is 1.05. The lowest BCUT2D eigenvalue weighted by atomic mass is 10.2. The standard InChI is InChI=1S/C14H20N4O2S/c1-8(12-9(2)18-10(3)21-12)15-6-11-13(19-4)16-7-17-14(11)20-5/h7-8,15H,6H2,1-5H3. The van der Waals surface area contributed by atoms with E-state index in [0.29, 0.717) is 18.3 Å². The predicted octanol–water partition coefficient (Wildman–Crippen LogP) is 2.42. The second-order valence-corrected chi connectivity index (χ2v) is 5.89. The molecule has 1 atom stereocenters. The molecule has 0 saturated heterocycles. The summed E-state index contributed by atoms with van der Waals surface area (Å²) in [7, 11) is 3.18. The molecule has 0 amide bonds. The third-order valence-electron chi connectivity index (χ3n) is 3.17. The Morgan fingerprint density at radius 3 is 2.29 bits per heavy atom. The summed E-state index contributed by atoms with van der Waals surface area (Å²) in [6.45, 7) is 6.72. The molecule has 2 aromatic heterocycles. The zero-order valence-electron chi connectivity index (χ0n) is 12.9. The molecule has 6 nitrogen and oxygen atoms in total. The monoisotopic (exact) mass is 308 g/mol. The number of ether oxygens (including phenoxy) is 2. The van der Waals surface area contributed by atoms with Crippen LogP contribution in [0.15, 0.2) is 6.33 Å². The molecule has 1 N–H and O–H groups in total. The van der Waals surface area contributed by atoms with Gasteiger partial charge < -0.3 is 14.8 Å². The van der Waals surface area contributed by atoms with Crippen LogP contribution in [0.4, 0.5) is 0 Å². The largest absolute Gasteiger partial charge is 0.481 e. The van der Waals surface area contributed by atoms with Gasteiger partial charge in [-0.05, 0) is 20.8 Å². The third-order valence-corrected chi connectivity index (χ3v) is 4.43. The van der Waals surface area contributed by atoms with Crippen molar-refractivity contribution < 1.29 is 9.47 Å². The maximum Gasteiger partial charge on any atom is 0.224 e. The first-order valence-electron chi connectivity index (χ1n) is 6.66. The summed E-state index contributed by atoms with van der Waals surface area (Å²) >= 11 is 1.71. The Labute approximate surface area is 128 Å². The van der Waals surface area contributed by atoms with Gasteiger partial charge in [0.25, 0.3) is 0 Å². The first-order valence-corrected chi connectivity index (χ1v) is 7.47. The smallest absolute Gasteiger partial charge is 0.224 e. The molecule has 21 heavy (non-hydrogen) atoms. The van der Waals surface area contributed by atoms with Crippen molar-refractivity contribution in [1.82, 2.24) is 20.3 Å². The molecule has 2 aromatic rings. The second-order valence-electron chi connectivity index (χ2n) is 4.66. The van der Waals surface area contributed by atoms with E-state index in [1.54, 1.807) is 25.6 Å². The van der Waals surface area contributed by atoms with Crippen molar-refractivity contribution in [3.63, 3.8) is 0 Å². The van der Waals surface area contributed by atoms with E-state index < -0.39 is 0 Å². The second kappa shape index (κ2) is 6.82. The summed E-state index contributed by atoms with van der Waals surface area (Å²) in [5, 5.41) is 4.53. The molecule has 0 saturated carbocycles. The normalized spacial score (nSPS) is 12.2. The summed E-state index contributed by atoms with van der Waals surface area (Å²) in [4.78, 5) is 13.9. The van der Waals surface area contributed by atoms with Crippen molar-refractivity contribution in [1.29, 1.82) is 0 Å². The number of rotatable bonds is 6. The van der Waals surface area contributed by atoms with Gasteiger partial charge in [0.1, 0.15) is 6.33 Å². The molecule has 0 aliphatic carbocycles. The number of nitrogens with one attached hydrogen (secondary N) is 1. The Morgan fingerprint density at radius 1 is 1.19 bits per heavy atom. The molecule has 0 spiro atoms. The van der Waals surface area contributed by atoms with Crippen LogP contribution in [0.2, 0.25) is 0 Å². The summed E-state index contributed by atoms with van der Waals surface area (Å²) in [6, 6.07) is 0.186. The van der Waals surface area contributed by atoms with E-state index >= 15 is 0 Å². The minimum Gasteiger partial charge on any atom is -0.481 e. The molecule has 2 heterocycles. The molecule has 2 rings (SSSR count). The molecule has 0 fully saturated rings. The van der Waals surface area contributed by atoms with Gasteiger partial charge in [-0.2, -0.15) is 0 Å². The van der Waals surface area contributed by atoms with E-state index in [4.69, 9.17) is 9.47 Å². The van der Waals surface area contributed by atoms with Gasteiger partial charge in [-0.15, -0.1) is 11.3 Å². The van der Waals surface area contributed by atoms with E-state index in [1.807, 2.05) is 13.8 Å². The molecule has 1 unspecified atom stereocenters. The number of methoxy groups -OCH3 is 2. The summed E-state index contributed by atoms with van der Waals surface area (Å²) < 4.78 is 10.5. The van der Waals surface area contributed by atoms with Crippen LogP contribution in [0.25, 0.3) is 0 Å².